The van der Waals surface area contributed by atoms with E-state index in [0.29, 0.717) is 17.2 Å². The van der Waals surface area contributed by atoms with Crippen molar-refractivity contribution in [3.8, 4) is 0 Å². The maximum absolute atomic E-state index is 11.7. The Hall–Kier alpha value is 0.110. The zero-order valence-corrected chi connectivity index (χ0v) is 10.3. The van der Waals surface area contributed by atoms with Crippen LogP contribution < -0.4 is 5.32 Å². The quantitative estimate of drug-likeness (QED) is 0.716. The number of nitrogens with one attached hydrogen (secondary N) is 1. The molecule has 0 aliphatic rings. The second-order valence-corrected chi connectivity index (χ2v) is 5.81. The van der Waals surface area contributed by atoms with Crippen LogP contribution in [-0.2, 0) is 10.8 Å². The van der Waals surface area contributed by atoms with Gasteiger partial charge in [-0.2, -0.15) is 0 Å². The summed E-state index contributed by atoms with van der Waals surface area (Å²) in [6.07, 6.45) is 1.00. The highest BCUT2D eigenvalue weighted by Gasteiger charge is 2.17. The fourth-order valence-electron chi connectivity index (χ4n) is 1.14. The van der Waals surface area contributed by atoms with Crippen molar-refractivity contribution >= 4 is 10.8 Å². The fourth-order valence-corrected chi connectivity index (χ4v) is 2.74. The first-order valence-electron chi connectivity index (χ1n) is 5.07. The average Bonchev–Trinajstić information content (AvgIpc) is 2.11. The van der Waals surface area contributed by atoms with Crippen LogP contribution in [-0.4, -0.2) is 28.3 Å². The normalized spacial score (nSPS) is 18.6. The Labute approximate surface area is 84.9 Å². The van der Waals surface area contributed by atoms with E-state index >= 15 is 0 Å². The van der Waals surface area contributed by atoms with E-state index < -0.39 is 10.8 Å². The standard InChI is InChI=1S/C10H23NOS/c1-6-9(4)13(12)7-10(11-5)8(2)3/h8-11H,6-7H2,1-5H3. The van der Waals surface area contributed by atoms with Gasteiger partial charge in [-0.1, -0.05) is 27.7 Å². The van der Waals surface area contributed by atoms with Gasteiger partial charge in [-0.15, -0.1) is 0 Å². The highest BCUT2D eigenvalue weighted by molar-refractivity contribution is 7.85. The van der Waals surface area contributed by atoms with E-state index in [1.807, 2.05) is 7.05 Å². The van der Waals surface area contributed by atoms with E-state index in [1.165, 1.54) is 0 Å². The van der Waals surface area contributed by atoms with Crippen LogP contribution in [0.2, 0.25) is 0 Å². The molecule has 0 heterocycles. The van der Waals surface area contributed by atoms with E-state index in [1.54, 1.807) is 0 Å². The molecular formula is C10H23NOS. The molecule has 0 rings (SSSR count). The summed E-state index contributed by atoms with van der Waals surface area (Å²) in [7, 11) is 1.27. The van der Waals surface area contributed by atoms with Gasteiger partial charge in [-0.3, -0.25) is 4.21 Å². The molecule has 0 aromatic rings. The number of hydrogen-bond donors (Lipinski definition) is 1. The van der Waals surface area contributed by atoms with Crippen molar-refractivity contribution in [2.75, 3.05) is 12.8 Å². The summed E-state index contributed by atoms with van der Waals surface area (Å²) >= 11 is 0. The fraction of sp³-hybridized carbons (Fsp3) is 1.00. The molecule has 3 heteroatoms. The predicted octanol–water partition coefficient (Wildman–Crippen LogP) is 1.78. The Kier molecular flexibility index (Phi) is 6.60. The molecule has 2 nitrogen and oxygen atoms in total. The van der Waals surface area contributed by atoms with E-state index in [9.17, 15) is 4.21 Å². The van der Waals surface area contributed by atoms with E-state index in [2.05, 4.69) is 33.0 Å². The first-order chi connectivity index (χ1) is 6.02. The summed E-state index contributed by atoms with van der Waals surface area (Å²) in [5.41, 5.74) is 0. The van der Waals surface area contributed by atoms with Crippen LogP contribution in [0, 0.1) is 5.92 Å². The van der Waals surface area contributed by atoms with Crippen LogP contribution in [0.15, 0.2) is 0 Å². The zero-order chi connectivity index (χ0) is 10.4. The molecule has 0 fully saturated rings. The Morgan fingerprint density at radius 2 is 1.85 bits per heavy atom. The first-order valence-corrected chi connectivity index (χ1v) is 6.45. The molecule has 3 atom stereocenters. The first kappa shape index (κ1) is 13.1. The van der Waals surface area contributed by atoms with E-state index in [-0.39, 0.29) is 0 Å². The molecule has 13 heavy (non-hydrogen) atoms. The van der Waals surface area contributed by atoms with Crippen molar-refractivity contribution in [3.63, 3.8) is 0 Å². The summed E-state index contributed by atoms with van der Waals surface area (Å²) < 4.78 is 11.7. The maximum Gasteiger partial charge on any atom is 0.0393 e. The van der Waals surface area contributed by atoms with E-state index in [4.69, 9.17) is 0 Å². The van der Waals surface area contributed by atoms with Crippen molar-refractivity contribution in [3.05, 3.63) is 0 Å². The third kappa shape index (κ3) is 4.77. The van der Waals surface area contributed by atoms with Gasteiger partial charge in [0.15, 0.2) is 0 Å². The molecule has 3 unspecified atom stereocenters. The van der Waals surface area contributed by atoms with Crippen molar-refractivity contribution < 1.29 is 4.21 Å². The SMILES string of the molecule is CCC(C)S(=O)CC(NC)C(C)C. The molecule has 1 N–H and O–H groups in total. The average molecular weight is 205 g/mol. The van der Waals surface area contributed by atoms with Crippen LogP contribution in [0.5, 0.6) is 0 Å². The Bertz CT molecular complexity index is 159. The molecular weight excluding hydrogens is 182 g/mol. The Morgan fingerprint density at radius 3 is 2.15 bits per heavy atom. The second kappa shape index (κ2) is 6.55. The minimum Gasteiger partial charge on any atom is -0.316 e. The molecule has 0 radical (unpaired) electrons. The summed E-state index contributed by atoms with van der Waals surface area (Å²) in [5, 5.41) is 3.55. The third-order valence-corrected chi connectivity index (χ3v) is 4.46. The van der Waals surface area contributed by atoms with Crippen LogP contribution in [0.4, 0.5) is 0 Å². The lowest BCUT2D eigenvalue weighted by molar-refractivity contribution is 0.461. The number of rotatable bonds is 6. The van der Waals surface area contributed by atoms with E-state index in [0.717, 1.165) is 12.2 Å². The van der Waals surface area contributed by atoms with Crippen LogP contribution in [0.3, 0.4) is 0 Å². The van der Waals surface area contributed by atoms with Crippen molar-refractivity contribution in [2.45, 2.75) is 45.4 Å². The third-order valence-electron chi connectivity index (χ3n) is 2.54. The maximum atomic E-state index is 11.7. The minimum absolute atomic E-state index is 0.328. The highest BCUT2D eigenvalue weighted by atomic mass is 32.2. The molecule has 0 spiro atoms. The van der Waals surface area contributed by atoms with Crippen molar-refractivity contribution in [1.82, 2.24) is 5.32 Å². The van der Waals surface area contributed by atoms with Gasteiger partial charge in [-0.05, 0) is 19.4 Å². The molecule has 80 valence electrons. The molecule has 0 bridgehead atoms. The molecule has 0 saturated heterocycles. The lowest BCUT2D eigenvalue weighted by Gasteiger charge is -2.21. The van der Waals surface area contributed by atoms with Gasteiger partial charge in [0.25, 0.3) is 0 Å². The topological polar surface area (TPSA) is 29.1 Å². The molecule has 0 saturated carbocycles. The van der Waals surface area contributed by atoms with Crippen molar-refractivity contribution in [2.24, 2.45) is 5.92 Å². The van der Waals surface area contributed by atoms with Gasteiger partial charge in [-0.25, -0.2) is 0 Å². The smallest absolute Gasteiger partial charge is 0.0393 e. The van der Waals surface area contributed by atoms with Gasteiger partial charge < -0.3 is 5.32 Å². The lowest BCUT2D eigenvalue weighted by Crippen LogP contribution is -2.37. The Balaban J connectivity index is 4.01. The summed E-state index contributed by atoms with van der Waals surface area (Å²) in [6, 6.07) is 0.384. The lowest BCUT2D eigenvalue weighted by atomic mass is 10.1. The van der Waals surface area contributed by atoms with Gasteiger partial charge in [0, 0.05) is 27.8 Å². The monoisotopic (exact) mass is 205 g/mol. The van der Waals surface area contributed by atoms with Crippen LogP contribution in [0.1, 0.15) is 34.1 Å². The highest BCUT2D eigenvalue weighted by Crippen LogP contribution is 2.07. The van der Waals surface area contributed by atoms with Gasteiger partial charge >= 0.3 is 0 Å². The second-order valence-electron chi connectivity index (χ2n) is 3.91. The molecule has 0 aliphatic carbocycles. The molecule has 0 aromatic carbocycles. The predicted molar refractivity (Wildman–Crippen MR) is 60.4 cm³/mol. The van der Waals surface area contributed by atoms with Gasteiger partial charge in [0.1, 0.15) is 0 Å². The van der Waals surface area contributed by atoms with Gasteiger partial charge in [0.2, 0.25) is 0 Å². The summed E-state index contributed by atoms with van der Waals surface area (Å²) in [4.78, 5) is 0. The van der Waals surface area contributed by atoms with Crippen molar-refractivity contribution in [1.29, 1.82) is 0 Å². The largest absolute Gasteiger partial charge is 0.316 e. The molecule has 0 aliphatic heterocycles. The zero-order valence-electron chi connectivity index (χ0n) is 9.46. The Morgan fingerprint density at radius 1 is 1.31 bits per heavy atom. The number of hydrogen-bond acceptors (Lipinski definition) is 2. The van der Waals surface area contributed by atoms with Crippen LogP contribution in [0.25, 0.3) is 0 Å². The molecule has 0 aromatic heterocycles. The molecule has 0 amide bonds. The summed E-state index contributed by atoms with van der Waals surface area (Å²) in [5.74, 6) is 1.33. The van der Waals surface area contributed by atoms with Crippen LogP contribution >= 0.6 is 0 Å². The van der Waals surface area contributed by atoms with Gasteiger partial charge in [0.05, 0.1) is 0 Å². The summed E-state index contributed by atoms with van der Waals surface area (Å²) in [6.45, 7) is 8.47. The minimum atomic E-state index is -0.678.